The molecule has 0 bridgehead atoms. The second-order valence-electron chi connectivity index (χ2n) is 5.42. The summed E-state index contributed by atoms with van der Waals surface area (Å²) in [6.45, 7) is 0. The summed E-state index contributed by atoms with van der Waals surface area (Å²) in [5.74, 6) is -0.218. The van der Waals surface area contributed by atoms with Crippen LogP contribution in [0.2, 0.25) is 10.0 Å². The van der Waals surface area contributed by atoms with Gasteiger partial charge in [0.2, 0.25) is 0 Å². The van der Waals surface area contributed by atoms with Crippen molar-refractivity contribution >= 4 is 51.7 Å². The smallest absolute Gasteiger partial charge is 0.276 e. The van der Waals surface area contributed by atoms with Crippen LogP contribution >= 0.6 is 35.0 Å². The van der Waals surface area contributed by atoms with Crippen LogP contribution in [0.4, 0.5) is 0 Å². The number of hydrazone groups is 1. The standard InChI is InChI=1S/C17H12Cl2N4OS/c1-25-17-21-16(24)14-9-5-2-3-8-12(9)20-15(23(14)22-17)10-6-4-7-11(18)13(10)19/h2-8,15H,1H3,(H,21,22,24)/t15-/m0/s1. The number of fused-ring (bicyclic) bond motifs is 2. The molecule has 126 valence electrons. The van der Waals surface area contributed by atoms with Gasteiger partial charge in [-0.2, -0.15) is 0 Å². The van der Waals surface area contributed by atoms with Crippen molar-refractivity contribution < 1.29 is 4.79 Å². The van der Waals surface area contributed by atoms with E-state index in [-0.39, 0.29) is 5.91 Å². The number of amides is 1. The predicted molar refractivity (Wildman–Crippen MR) is 101 cm³/mol. The Hall–Kier alpha value is -2.02. The summed E-state index contributed by atoms with van der Waals surface area (Å²) < 4.78 is 0. The molecule has 1 N–H and O–H groups in total. The van der Waals surface area contributed by atoms with Crippen LogP contribution in [0.3, 0.4) is 0 Å². The Labute approximate surface area is 158 Å². The topological polar surface area (TPSA) is 57.1 Å². The van der Waals surface area contributed by atoms with Crippen molar-refractivity contribution in [2.24, 2.45) is 10.1 Å². The largest absolute Gasteiger partial charge is 0.298 e. The van der Waals surface area contributed by atoms with Gasteiger partial charge >= 0.3 is 0 Å². The molecule has 2 heterocycles. The Bertz CT molecular complexity index is 1040. The molecule has 0 fully saturated rings. The van der Waals surface area contributed by atoms with Crippen molar-refractivity contribution in [1.29, 1.82) is 0 Å². The van der Waals surface area contributed by atoms with Crippen LogP contribution in [-0.2, 0) is 4.79 Å². The second-order valence-corrected chi connectivity index (χ2v) is 7.00. The molecule has 0 aromatic heterocycles. The van der Waals surface area contributed by atoms with Crippen LogP contribution in [0.15, 0.2) is 52.6 Å². The number of nitrogens with one attached hydrogen (secondary N) is 1. The third kappa shape index (κ3) is 2.70. The number of thioether (sulfide) groups is 1. The molecule has 5 nitrogen and oxygen atoms in total. The molecule has 0 unspecified atom stereocenters. The van der Waals surface area contributed by atoms with Crippen molar-refractivity contribution in [3.8, 4) is 0 Å². The van der Waals surface area contributed by atoms with Crippen LogP contribution in [0.1, 0.15) is 11.7 Å². The molecule has 0 saturated heterocycles. The Morgan fingerprint density at radius 2 is 1.96 bits per heavy atom. The summed E-state index contributed by atoms with van der Waals surface area (Å²) in [5.41, 5.74) is 1.14. The molecule has 0 radical (unpaired) electrons. The Kier molecular flexibility index (Phi) is 4.19. The van der Waals surface area contributed by atoms with Gasteiger partial charge in [0.15, 0.2) is 11.3 Å². The number of hydrogen-bond acceptors (Lipinski definition) is 5. The Balaban J connectivity index is 2.02. The van der Waals surface area contributed by atoms with Crippen molar-refractivity contribution in [2.45, 2.75) is 6.17 Å². The molecule has 2 aromatic rings. The normalized spacial score (nSPS) is 18.8. The van der Waals surface area contributed by atoms with Crippen LogP contribution in [0.5, 0.6) is 0 Å². The molecule has 0 spiro atoms. The first-order chi connectivity index (χ1) is 12.1. The lowest BCUT2D eigenvalue weighted by atomic mass is 10.1. The maximum absolute atomic E-state index is 12.7. The van der Waals surface area contributed by atoms with Gasteiger partial charge < -0.3 is 0 Å². The average molecular weight is 391 g/mol. The van der Waals surface area contributed by atoms with Gasteiger partial charge in [-0.1, -0.05) is 65.3 Å². The molecular formula is C17H12Cl2N4OS. The molecule has 25 heavy (non-hydrogen) atoms. The molecule has 2 aliphatic rings. The maximum atomic E-state index is 12.7. The van der Waals surface area contributed by atoms with Crippen LogP contribution in [0, 0.1) is 0 Å². The van der Waals surface area contributed by atoms with Gasteiger partial charge in [-0.3, -0.25) is 15.1 Å². The molecule has 0 saturated carbocycles. The number of benzene rings is 2. The third-order valence-corrected chi connectivity index (χ3v) is 5.37. The summed E-state index contributed by atoms with van der Waals surface area (Å²) >= 11 is 13.9. The number of carbonyl (C=O) groups is 1. The fraction of sp³-hybridized carbons (Fsp3) is 0.118. The highest BCUT2D eigenvalue weighted by Crippen LogP contribution is 2.36. The van der Waals surface area contributed by atoms with E-state index in [2.05, 4.69) is 10.4 Å². The minimum Gasteiger partial charge on any atom is -0.298 e. The van der Waals surface area contributed by atoms with Gasteiger partial charge in [0.1, 0.15) is 5.70 Å². The van der Waals surface area contributed by atoms with Crippen molar-refractivity contribution in [2.75, 3.05) is 6.26 Å². The molecular weight excluding hydrogens is 379 g/mol. The number of carbonyl (C=O) groups excluding carboxylic acids is 1. The summed E-state index contributed by atoms with van der Waals surface area (Å²) in [4.78, 5) is 17.5. The van der Waals surface area contributed by atoms with E-state index in [1.54, 1.807) is 11.1 Å². The average Bonchev–Trinajstić information content (AvgIpc) is 2.63. The quantitative estimate of drug-likeness (QED) is 0.813. The number of rotatable bonds is 1. The van der Waals surface area contributed by atoms with E-state index < -0.39 is 6.17 Å². The molecule has 0 aliphatic carbocycles. The summed E-state index contributed by atoms with van der Waals surface area (Å²) in [6.07, 6.45) is 1.28. The first-order valence-electron chi connectivity index (χ1n) is 7.44. The molecule has 1 amide bonds. The van der Waals surface area contributed by atoms with Gasteiger partial charge in [-0.25, -0.2) is 5.01 Å². The zero-order chi connectivity index (χ0) is 17.6. The molecule has 8 heteroatoms. The minimum atomic E-state index is -0.565. The van der Waals surface area contributed by atoms with Gasteiger partial charge in [0.25, 0.3) is 5.91 Å². The van der Waals surface area contributed by atoms with E-state index in [4.69, 9.17) is 28.2 Å². The SMILES string of the molecule is CSC1=NN2C(=c3ccccc3=N[C@@H]2c2cccc(Cl)c2Cl)C(=O)N1. The highest BCUT2D eigenvalue weighted by molar-refractivity contribution is 8.13. The number of amidine groups is 1. The number of nitrogens with zero attached hydrogens (tertiary/aromatic N) is 3. The van der Waals surface area contributed by atoms with E-state index >= 15 is 0 Å². The number of hydrogen-bond donors (Lipinski definition) is 1. The highest BCUT2D eigenvalue weighted by Gasteiger charge is 2.35. The third-order valence-electron chi connectivity index (χ3n) is 3.97. The first-order valence-corrected chi connectivity index (χ1v) is 9.42. The van der Waals surface area contributed by atoms with E-state index in [0.717, 1.165) is 5.22 Å². The van der Waals surface area contributed by atoms with Gasteiger partial charge in [0.05, 0.1) is 15.4 Å². The van der Waals surface area contributed by atoms with E-state index in [0.29, 0.717) is 31.8 Å². The van der Waals surface area contributed by atoms with E-state index in [1.807, 2.05) is 42.7 Å². The molecule has 4 rings (SSSR count). The van der Waals surface area contributed by atoms with Crippen molar-refractivity contribution in [3.05, 3.63) is 68.6 Å². The predicted octanol–water partition coefficient (Wildman–Crippen LogP) is 2.50. The van der Waals surface area contributed by atoms with E-state index in [1.165, 1.54) is 11.8 Å². The monoisotopic (exact) mass is 390 g/mol. The first kappa shape index (κ1) is 16.4. The van der Waals surface area contributed by atoms with Gasteiger partial charge in [0, 0.05) is 10.8 Å². The lowest BCUT2D eigenvalue weighted by molar-refractivity contribution is -0.116. The number of para-hydroxylation sites is 1. The van der Waals surface area contributed by atoms with Gasteiger partial charge in [-0.05, 0) is 18.4 Å². The fourth-order valence-corrected chi connectivity index (χ4v) is 3.61. The summed E-state index contributed by atoms with van der Waals surface area (Å²) in [7, 11) is 0. The Morgan fingerprint density at radius 3 is 2.76 bits per heavy atom. The van der Waals surface area contributed by atoms with E-state index in [9.17, 15) is 4.79 Å². The van der Waals surface area contributed by atoms with Crippen LogP contribution in [-0.4, -0.2) is 22.3 Å². The summed E-state index contributed by atoms with van der Waals surface area (Å²) in [6, 6.07) is 12.8. The minimum absolute atomic E-state index is 0.218. The van der Waals surface area contributed by atoms with Crippen molar-refractivity contribution in [1.82, 2.24) is 10.3 Å². The lowest BCUT2D eigenvalue weighted by Gasteiger charge is -2.34. The van der Waals surface area contributed by atoms with Crippen molar-refractivity contribution in [3.63, 3.8) is 0 Å². The molecule has 2 aromatic carbocycles. The molecule has 2 aliphatic heterocycles. The van der Waals surface area contributed by atoms with Crippen LogP contribution < -0.4 is 15.9 Å². The van der Waals surface area contributed by atoms with Crippen LogP contribution in [0.25, 0.3) is 5.70 Å². The number of halogens is 2. The second kappa shape index (κ2) is 6.37. The zero-order valence-electron chi connectivity index (χ0n) is 13.0. The lowest BCUT2D eigenvalue weighted by Crippen LogP contribution is -2.50. The molecule has 1 atom stereocenters. The maximum Gasteiger partial charge on any atom is 0.276 e. The fourth-order valence-electron chi connectivity index (χ4n) is 2.84. The highest BCUT2D eigenvalue weighted by atomic mass is 35.5. The summed E-state index contributed by atoms with van der Waals surface area (Å²) in [5, 5.41) is 11.8. The Morgan fingerprint density at radius 1 is 1.16 bits per heavy atom. The van der Waals surface area contributed by atoms with Gasteiger partial charge in [-0.15, -0.1) is 5.10 Å². The zero-order valence-corrected chi connectivity index (χ0v) is 15.4.